The molecule has 108 valence electrons. The molecule has 0 amide bonds. The molecule has 6 nitrogen and oxygen atoms in total. The van der Waals surface area contributed by atoms with Gasteiger partial charge in [0.1, 0.15) is 4.88 Å². The van der Waals surface area contributed by atoms with Crippen molar-refractivity contribution in [2.45, 2.75) is 18.6 Å². The molecule has 1 aromatic rings. The first-order valence-corrected chi connectivity index (χ1v) is 6.54. The molecule has 0 unspecified atom stereocenters. The molecule has 1 aliphatic rings. The Morgan fingerprint density at radius 1 is 1.58 bits per heavy atom. The van der Waals surface area contributed by atoms with Crippen LogP contribution in [0.3, 0.4) is 0 Å². The summed E-state index contributed by atoms with van der Waals surface area (Å²) in [6.07, 6.45) is 2.40. The smallest absolute Gasteiger partial charge is 0.349 e. The Balaban J connectivity index is 0.00000180. The zero-order valence-electron chi connectivity index (χ0n) is 10.9. The van der Waals surface area contributed by atoms with Crippen molar-refractivity contribution in [3.05, 3.63) is 11.1 Å². The first-order chi connectivity index (χ1) is 8.65. The van der Waals surface area contributed by atoms with E-state index < -0.39 is 0 Å². The minimum absolute atomic E-state index is 0. The molecule has 2 atom stereocenters. The summed E-state index contributed by atoms with van der Waals surface area (Å²) < 4.78 is 10.0. The average Bonchev–Trinajstić information content (AvgIpc) is 2.88. The molecule has 1 fully saturated rings. The van der Waals surface area contributed by atoms with Crippen LogP contribution >= 0.6 is 23.7 Å². The molecule has 2 heterocycles. The third kappa shape index (κ3) is 3.56. The number of ether oxygens (including phenoxy) is 2. The van der Waals surface area contributed by atoms with Gasteiger partial charge in [0, 0.05) is 26.2 Å². The molecule has 19 heavy (non-hydrogen) atoms. The molecular weight excluding hydrogens is 290 g/mol. The van der Waals surface area contributed by atoms with Gasteiger partial charge in [-0.25, -0.2) is 9.78 Å². The van der Waals surface area contributed by atoms with Crippen LogP contribution in [0.2, 0.25) is 0 Å². The van der Waals surface area contributed by atoms with Crippen molar-refractivity contribution < 1.29 is 14.3 Å². The summed E-state index contributed by atoms with van der Waals surface area (Å²) >= 11 is 1.33. The van der Waals surface area contributed by atoms with Crippen molar-refractivity contribution in [1.82, 2.24) is 4.98 Å². The summed E-state index contributed by atoms with van der Waals surface area (Å²) in [5, 5.41) is 0.810. The van der Waals surface area contributed by atoms with Gasteiger partial charge in [0.05, 0.1) is 19.4 Å². The molecule has 1 aromatic heterocycles. The predicted molar refractivity (Wildman–Crippen MR) is 76.3 cm³/mol. The second-order valence-electron chi connectivity index (χ2n) is 4.17. The normalized spacial score (nSPS) is 22.8. The van der Waals surface area contributed by atoms with Crippen LogP contribution in [0.5, 0.6) is 0 Å². The van der Waals surface area contributed by atoms with E-state index in [4.69, 9.17) is 10.5 Å². The van der Waals surface area contributed by atoms with E-state index >= 15 is 0 Å². The van der Waals surface area contributed by atoms with E-state index in [-0.39, 0.29) is 30.5 Å². The van der Waals surface area contributed by atoms with E-state index in [1.54, 1.807) is 13.3 Å². The maximum Gasteiger partial charge on any atom is 0.349 e. The number of halogens is 1. The highest BCUT2D eigenvalue weighted by molar-refractivity contribution is 7.17. The number of rotatable bonds is 3. The summed E-state index contributed by atoms with van der Waals surface area (Å²) in [5.74, 6) is -0.351. The summed E-state index contributed by atoms with van der Waals surface area (Å²) in [4.78, 5) is 18.2. The fourth-order valence-corrected chi connectivity index (χ4v) is 2.83. The van der Waals surface area contributed by atoms with Crippen molar-refractivity contribution >= 4 is 34.8 Å². The zero-order chi connectivity index (χ0) is 13.1. The number of anilines is 1. The number of thiazole rings is 1. The van der Waals surface area contributed by atoms with E-state index in [9.17, 15) is 4.79 Å². The number of nitrogens with two attached hydrogens (primary N) is 1. The Labute approximate surface area is 122 Å². The van der Waals surface area contributed by atoms with Crippen LogP contribution in [0.15, 0.2) is 6.20 Å². The first-order valence-electron chi connectivity index (χ1n) is 5.73. The number of methoxy groups -OCH3 is 2. The van der Waals surface area contributed by atoms with Gasteiger partial charge in [0.2, 0.25) is 0 Å². The number of carbonyl (C=O) groups is 1. The molecule has 0 radical (unpaired) electrons. The molecule has 0 saturated carbocycles. The van der Waals surface area contributed by atoms with Gasteiger partial charge in [-0.1, -0.05) is 11.3 Å². The van der Waals surface area contributed by atoms with Crippen molar-refractivity contribution in [3.8, 4) is 0 Å². The number of esters is 1. The standard InChI is InChI=1S/C11H17N3O3S.ClH/c1-16-8-6-14(4-3-7(8)12)11-13-5-9(18-11)10(15)17-2;/h5,7-8H,3-4,6,12H2,1-2H3;1H/t7-,8-;/m0./s1. The monoisotopic (exact) mass is 307 g/mol. The third-order valence-electron chi connectivity index (χ3n) is 3.06. The largest absolute Gasteiger partial charge is 0.465 e. The van der Waals surface area contributed by atoms with Gasteiger partial charge in [-0.2, -0.15) is 0 Å². The van der Waals surface area contributed by atoms with Gasteiger partial charge in [0.15, 0.2) is 5.13 Å². The Hall–Kier alpha value is -0.890. The third-order valence-corrected chi connectivity index (χ3v) is 4.10. The second kappa shape index (κ2) is 7.04. The Bertz CT molecular complexity index is 429. The number of carbonyl (C=O) groups excluding carboxylic acids is 1. The maximum atomic E-state index is 11.4. The molecule has 1 aliphatic heterocycles. The molecule has 2 rings (SSSR count). The van der Waals surface area contributed by atoms with E-state index in [1.807, 2.05) is 0 Å². The maximum absolute atomic E-state index is 11.4. The van der Waals surface area contributed by atoms with Crippen LogP contribution in [0.4, 0.5) is 5.13 Å². The summed E-state index contributed by atoms with van der Waals surface area (Å²) in [6.45, 7) is 1.53. The minimum atomic E-state index is -0.351. The lowest BCUT2D eigenvalue weighted by Crippen LogP contribution is -2.51. The van der Waals surface area contributed by atoms with E-state index in [2.05, 4.69) is 14.6 Å². The van der Waals surface area contributed by atoms with Crippen molar-refractivity contribution in [3.63, 3.8) is 0 Å². The van der Waals surface area contributed by atoms with Crippen molar-refractivity contribution in [1.29, 1.82) is 0 Å². The number of piperidine rings is 1. The van der Waals surface area contributed by atoms with Gasteiger partial charge < -0.3 is 20.1 Å². The van der Waals surface area contributed by atoms with Gasteiger partial charge in [0.25, 0.3) is 0 Å². The highest BCUT2D eigenvalue weighted by Crippen LogP contribution is 2.26. The lowest BCUT2D eigenvalue weighted by atomic mass is 10.0. The summed E-state index contributed by atoms with van der Waals surface area (Å²) in [7, 11) is 3.03. The number of nitrogens with zero attached hydrogens (tertiary/aromatic N) is 2. The van der Waals surface area contributed by atoms with Crippen LogP contribution < -0.4 is 10.6 Å². The first kappa shape index (κ1) is 16.2. The van der Waals surface area contributed by atoms with Crippen LogP contribution in [0, 0.1) is 0 Å². The minimum Gasteiger partial charge on any atom is -0.465 e. The number of hydrogen-bond donors (Lipinski definition) is 1. The quantitative estimate of drug-likeness (QED) is 0.836. The van der Waals surface area contributed by atoms with E-state index in [0.717, 1.165) is 18.1 Å². The lowest BCUT2D eigenvalue weighted by molar-refractivity contribution is 0.0606. The highest BCUT2D eigenvalue weighted by Gasteiger charge is 2.28. The molecule has 0 spiro atoms. The van der Waals surface area contributed by atoms with Crippen molar-refractivity contribution in [2.24, 2.45) is 5.73 Å². The average molecular weight is 308 g/mol. The lowest BCUT2D eigenvalue weighted by Gasteiger charge is -2.35. The number of hydrogen-bond acceptors (Lipinski definition) is 7. The Morgan fingerprint density at radius 2 is 2.32 bits per heavy atom. The Morgan fingerprint density at radius 3 is 2.95 bits per heavy atom. The molecule has 8 heteroatoms. The fourth-order valence-electron chi connectivity index (χ4n) is 1.96. The molecular formula is C11H18ClN3O3S. The van der Waals surface area contributed by atoms with E-state index in [0.29, 0.717) is 11.4 Å². The highest BCUT2D eigenvalue weighted by atomic mass is 35.5. The van der Waals surface area contributed by atoms with E-state index in [1.165, 1.54) is 18.4 Å². The Kier molecular flexibility index (Phi) is 5.99. The summed E-state index contributed by atoms with van der Waals surface area (Å²) in [5.41, 5.74) is 5.96. The van der Waals surface area contributed by atoms with Crippen LogP contribution in [-0.2, 0) is 9.47 Å². The second-order valence-corrected chi connectivity index (χ2v) is 5.18. The molecule has 1 saturated heterocycles. The SMILES string of the molecule is COC(=O)c1cnc(N2CC[C@H](N)[C@@H](OC)C2)s1.Cl. The van der Waals surface area contributed by atoms with Gasteiger partial charge >= 0.3 is 5.97 Å². The van der Waals surface area contributed by atoms with Crippen LogP contribution in [0.25, 0.3) is 0 Å². The zero-order valence-corrected chi connectivity index (χ0v) is 12.5. The number of aromatic nitrogens is 1. The molecule has 0 bridgehead atoms. The molecule has 0 aliphatic carbocycles. The van der Waals surface area contributed by atoms with Crippen molar-refractivity contribution in [2.75, 3.05) is 32.2 Å². The van der Waals surface area contributed by atoms with Gasteiger partial charge in [-0.3, -0.25) is 0 Å². The predicted octanol–water partition coefficient (Wildman–Crippen LogP) is 0.904. The van der Waals surface area contributed by atoms with Gasteiger partial charge in [-0.15, -0.1) is 12.4 Å². The van der Waals surface area contributed by atoms with Crippen LogP contribution in [-0.4, -0.2) is 50.4 Å². The fraction of sp³-hybridized carbons (Fsp3) is 0.636. The molecule has 2 N–H and O–H groups in total. The summed E-state index contributed by atoms with van der Waals surface area (Å²) in [6, 6.07) is 0.0614. The van der Waals surface area contributed by atoms with Crippen LogP contribution in [0.1, 0.15) is 16.1 Å². The topological polar surface area (TPSA) is 77.7 Å². The van der Waals surface area contributed by atoms with Gasteiger partial charge in [-0.05, 0) is 6.42 Å². The molecule has 0 aromatic carbocycles.